The summed E-state index contributed by atoms with van der Waals surface area (Å²) in [5.74, 6) is 0.587. The van der Waals surface area contributed by atoms with E-state index < -0.39 is 0 Å². The average Bonchev–Trinajstić information content (AvgIpc) is 2.15. The molecule has 0 aliphatic heterocycles. The zero-order valence-electron chi connectivity index (χ0n) is 8.46. The van der Waals surface area contributed by atoms with Gasteiger partial charge in [0.2, 0.25) is 0 Å². The fourth-order valence-corrected chi connectivity index (χ4v) is 2.03. The molecule has 14 heavy (non-hydrogen) atoms. The predicted octanol–water partition coefficient (Wildman–Crippen LogP) is 3.43. The van der Waals surface area contributed by atoms with E-state index in [0.29, 0.717) is 11.7 Å². The highest BCUT2D eigenvalue weighted by molar-refractivity contribution is 5.45. The van der Waals surface area contributed by atoms with Crippen LogP contribution in [0.2, 0.25) is 0 Å². The first kappa shape index (κ1) is 9.50. The molecule has 76 valence electrons. The van der Waals surface area contributed by atoms with Crippen molar-refractivity contribution in [3.63, 3.8) is 0 Å². The Hall–Kier alpha value is -1.05. The molecule has 2 rings (SSSR count). The minimum Gasteiger partial charge on any atom is -0.380 e. The Bertz CT molecular complexity index is 309. The lowest BCUT2D eigenvalue weighted by atomic mass is 9.78. The molecular weight excluding hydrogens is 177 g/mol. The minimum atomic E-state index is -0.144. The molecule has 0 saturated heterocycles. The molecule has 0 heterocycles. The van der Waals surface area contributed by atoms with Gasteiger partial charge in [-0.1, -0.05) is 25.5 Å². The molecule has 1 fully saturated rings. The first-order valence-electron chi connectivity index (χ1n) is 5.32. The molecule has 1 aromatic rings. The highest BCUT2D eigenvalue weighted by atomic mass is 19.1. The first-order valence-corrected chi connectivity index (χ1v) is 5.32. The zero-order chi connectivity index (χ0) is 9.97. The van der Waals surface area contributed by atoms with Crippen molar-refractivity contribution in [3.8, 4) is 0 Å². The molecule has 0 spiro atoms. The average molecular weight is 193 g/mol. The van der Waals surface area contributed by atoms with E-state index in [4.69, 9.17) is 0 Å². The van der Waals surface area contributed by atoms with Crippen molar-refractivity contribution in [1.29, 1.82) is 0 Å². The number of benzene rings is 1. The Kier molecular flexibility index (Phi) is 2.71. The van der Waals surface area contributed by atoms with E-state index in [1.165, 1.54) is 25.3 Å². The van der Waals surface area contributed by atoms with E-state index >= 15 is 0 Å². The molecule has 0 aromatic heterocycles. The van der Waals surface area contributed by atoms with Crippen LogP contribution in [0, 0.1) is 11.7 Å². The Morgan fingerprint density at radius 3 is 2.71 bits per heavy atom. The van der Waals surface area contributed by atoms with Crippen LogP contribution < -0.4 is 5.32 Å². The second-order valence-corrected chi connectivity index (χ2v) is 3.98. The van der Waals surface area contributed by atoms with Gasteiger partial charge in [0.1, 0.15) is 5.82 Å². The first-order chi connectivity index (χ1) is 6.81. The summed E-state index contributed by atoms with van der Waals surface area (Å²) in [7, 11) is 0. The van der Waals surface area contributed by atoms with Gasteiger partial charge in [0.25, 0.3) is 0 Å². The number of hydrogen-bond donors (Lipinski definition) is 1. The molecule has 1 aliphatic rings. The number of anilines is 1. The highest BCUT2D eigenvalue weighted by Crippen LogP contribution is 2.33. The van der Waals surface area contributed by atoms with Crippen molar-refractivity contribution in [3.05, 3.63) is 30.1 Å². The summed E-state index contributed by atoms with van der Waals surface area (Å²) in [5.41, 5.74) is 0.649. The Balaban J connectivity index is 2.01. The van der Waals surface area contributed by atoms with Crippen molar-refractivity contribution >= 4 is 5.69 Å². The number of rotatable bonds is 3. The molecular formula is C12H16FN. The third-order valence-corrected chi connectivity index (χ3v) is 3.16. The van der Waals surface area contributed by atoms with Crippen molar-refractivity contribution in [1.82, 2.24) is 0 Å². The summed E-state index contributed by atoms with van der Waals surface area (Å²) >= 11 is 0. The van der Waals surface area contributed by atoms with Crippen LogP contribution in [0.1, 0.15) is 26.2 Å². The number of hydrogen-bond acceptors (Lipinski definition) is 1. The van der Waals surface area contributed by atoms with Gasteiger partial charge < -0.3 is 5.32 Å². The lowest BCUT2D eigenvalue weighted by Crippen LogP contribution is -2.38. The predicted molar refractivity (Wildman–Crippen MR) is 56.8 cm³/mol. The highest BCUT2D eigenvalue weighted by Gasteiger charge is 2.29. The van der Waals surface area contributed by atoms with Gasteiger partial charge in [-0.05, 0) is 30.9 Å². The van der Waals surface area contributed by atoms with E-state index in [9.17, 15) is 4.39 Å². The van der Waals surface area contributed by atoms with E-state index in [1.807, 2.05) is 6.07 Å². The Morgan fingerprint density at radius 1 is 1.36 bits per heavy atom. The van der Waals surface area contributed by atoms with Gasteiger partial charge >= 0.3 is 0 Å². The summed E-state index contributed by atoms with van der Waals surface area (Å²) < 4.78 is 13.3. The smallest absolute Gasteiger partial charge is 0.146 e. The van der Waals surface area contributed by atoms with Crippen LogP contribution in [0.25, 0.3) is 0 Å². The Morgan fingerprint density at radius 2 is 2.14 bits per heavy atom. The maximum Gasteiger partial charge on any atom is 0.146 e. The van der Waals surface area contributed by atoms with Crippen molar-refractivity contribution < 1.29 is 4.39 Å². The van der Waals surface area contributed by atoms with Crippen LogP contribution >= 0.6 is 0 Å². The molecule has 0 radical (unpaired) electrons. The standard InChI is InChI=1S/C12H16FN/c1-2-9-7-8-11(9)14-12-6-4-3-5-10(12)13/h3-6,9,11,14H,2,7-8H2,1H3. The molecule has 0 amide bonds. The van der Waals surface area contributed by atoms with Crippen molar-refractivity contribution in [2.75, 3.05) is 5.32 Å². The van der Waals surface area contributed by atoms with Gasteiger partial charge in [0, 0.05) is 6.04 Å². The monoisotopic (exact) mass is 193 g/mol. The third kappa shape index (κ3) is 1.74. The quantitative estimate of drug-likeness (QED) is 0.775. The second kappa shape index (κ2) is 3.99. The molecule has 0 bridgehead atoms. The fourth-order valence-electron chi connectivity index (χ4n) is 2.03. The van der Waals surface area contributed by atoms with Gasteiger partial charge in [-0.3, -0.25) is 0 Å². The normalized spacial score (nSPS) is 25.6. The fraction of sp³-hybridized carbons (Fsp3) is 0.500. The van der Waals surface area contributed by atoms with Crippen molar-refractivity contribution in [2.45, 2.75) is 32.2 Å². The summed E-state index contributed by atoms with van der Waals surface area (Å²) in [6.07, 6.45) is 3.64. The number of halogens is 1. The minimum absolute atomic E-state index is 0.144. The lowest BCUT2D eigenvalue weighted by molar-refractivity contribution is 0.268. The molecule has 2 heteroatoms. The SMILES string of the molecule is CCC1CCC1Nc1ccccc1F. The zero-order valence-corrected chi connectivity index (χ0v) is 8.46. The van der Waals surface area contributed by atoms with Crippen LogP contribution in [0.4, 0.5) is 10.1 Å². The van der Waals surface area contributed by atoms with Crippen LogP contribution in [0.3, 0.4) is 0 Å². The lowest BCUT2D eigenvalue weighted by Gasteiger charge is -2.37. The van der Waals surface area contributed by atoms with E-state index in [0.717, 1.165) is 5.92 Å². The van der Waals surface area contributed by atoms with E-state index in [2.05, 4.69) is 12.2 Å². The molecule has 1 saturated carbocycles. The largest absolute Gasteiger partial charge is 0.380 e. The maximum absolute atomic E-state index is 13.3. The summed E-state index contributed by atoms with van der Waals surface area (Å²) in [6.45, 7) is 2.19. The molecule has 1 aromatic carbocycles. The summed E-state index contributed by atoms with van der Waals surface area (Å²) in [6, 6.07) is 7.38. The van der Waals surface area contributed by atoms with Crippen LogP contribution in [-0.2, 0) is 0 Å². The molecule has 2 atom stereocenters. The van der Waals surface area contributed by atoms with Gasteiger partial charge in [-0.25, -0.2) is 4.39 Å². The maximum atomic E-state index is 13.3. The van der Waals surface area contributed by atoms with Gasteiger partial charge in [-0.15, -0.1) is 0 Å². The van der Waals surface area contributed by atoms with Crippen LogP contribution in [-0.4, -0.2) is 6.04 Å². The topological polar surface area (TPSA) is 12.0 Å². The number of para-hydroxylation sites is 1. The molecule has 1 N–H and O–H groups in total. The van der Waals surface area contributed by atoms with E-state index in [1.54, 1.807) is 12.1 Å². The van der Waals surface area contributed by atoms with Crippen LogP contribution in [0.5, 0.6) is 0 Å². The summed E-state index contributed by atoms with van der Waals surface area (Å²) in [5, 5.41) is 3.27. The van der Waals surface area contributed by atoms with Gasteiger partial charge in [-0.2, -0.15) is 0 Å². The molecule has 2 unspecified atom stereocenters. The van der Waals surface area contributed by atoms with E-state index in [-0.39, 0.29) is 5.82 Å². The van der Waals surface area contributed by atoms with Crippen molar-refractivity contribution in [2.24, 2.45) is 5.92 Å². The summed E-state index contributed by atoms with van der Waals surface area (Å²) in [4.78, 5) is 0. The molecule has 1 aliphatic carbocycles. The molecule has 1 nitrogen and oxygen atoms in total. The Labute approximate surface area is 84.3 Å². The second-order valence-electron chi connectivity index (χ2n) is 3.98. The van der Waals surface area contributed by atoms with Gasteiger partial charge in [0.15, 0.2) is 0 Å². The number of nitrogens with one attached hydrogen (secondary N) is 1. The third-order valence-electron chi connectivity index (χ3n) is 3.16. The van der Waals surface area contributed by atoms with Gasteiger partial charge in [0.05, 0.1) is 5.69 Å². The van der Waals surface area contributed by atoms with Crippen LogP contribution in [0.15, 0.2) is 24.3 Å².